The average Bonchev–Trinajstić information content (AvgIpc) is 3.31. The quantitative estimate of drug-likeness (QED) is 0.222. The minimum absolute atomic E-state index is 0.112. The number of aliphatic hydroxyl groups excluding tert-OH is 1. The first kappa shape index (κ1) is 27.9. The molecule has 3 rings (SSSR count). The smallest absolute Gasteiger partial charge is 0.451 e. The topological polar surface area (TPSA) is 129 Å². The number of nitrogens with zero attached hydrogens (tertiary/aromatic N) is 1. The highest BCUT2D eigenvalue weighted by Gasteiger charge is 2.48. The Morgan fingerprint density at radius 3 is 2.31 bits per heavy atom. The summed E-state index contributed by atoms with van der Waals surface area (Å²) in [5.74, 6) is 0.916. The van der Waals surface area contributed by atoms with E-state index in [0.29, 0.717) is 33.2 Å². The van der Waals surface area contributed by atoms with Crippen molar-refractivity contribution in [2.75, 3.05) is 12.4 Å². The predicted molar refractivity (Wildman–Crippen MR) is 138 cm³/mol. The van der Waals surface area contributed by atoms with Crippen molar-refractivity contribution in [3.8, 4) is 17.2 Å². The maximum atomic E-state index is 12.8. The standard InChI is InChI=1S/C24H29N2O8PS/c1-15(2)31-20-12-18(23(28)26-24-25-10-11-36-24)13-21(14-20)32-19-6-8-22(9-7-19)35(29,33-16(3)27)34-17(4)30-5/h6-17,27,29H,1-5H3/p+1. The van der Waals surface area contributed by atoms with E-state index in [4.69, 9.17) is 23.3 Å². The zero-order valence-electron chi connectivity index (χ0n) is 20.6. The van der Waals surface area contributed by atoms with Crippen LogP contribution in [0.2, 0.25) is 0 Å². The van der Waals surface area contributed by atoms with Crippen molar-refractivity contribution in [2.45, 2.75) is 46.4 Å². The maximum Gasteiger partial charge on any atom is 0.451 e. The van der Waals surface area contributed by atoms with Gasteiger partial charge in [-0.2, -0.15) is 4.89 Å². The lowest BCUT2D eigenvalue weighted by Crippen LogP contribution is -2.24. The number of methoxy groups -OCH3 is 1. The van der Waals surface area contributed by atoms with E-state index < -0.39 is 20.5 Å². The van der Waals surface area contributed by atoms with Crippen LogP contribution in [0.15, 0.2) is 54.0 Å². The van der Waals surface area contributed by atoms with Gasteiger partial charge in [-0.15, -0.1) is 20.4 Å². The first-order chi connectivity index (χ1) is 17.1. The monoisotopic (exact) mass is 537 g/mol. The lowest BCUT2D eigenvalue weighted by Gasteiger charge is -2.21. The van der Waals surface area contributed by atoms with Crippen molar-refractivity contribution in [2.24, 2.45) is 0 Å². The second-order valence-electron chi connectivity index (χ2n) is 7.88. The van der Waals surface area contributed by atoms with Crippen molar-refractivity contribution in [1.29, 1.82) is 0 Å². The predicted octanol–water partition coefficient (Wildman–Crippen LogP) is 4.72. The lowest BCUT2D eigenvalue weighted by molar-refractivity contribution is -0.0761. The van der Waals surface area contributed by atoms with Crippen molar-refractivity contribution in [1.82, 2.24) is 4.98 Å². The molecule has 0 radical (unpaired) electrons. The third kappa shape index (κ3) is 7.94. The number of nitrogens with one attached hydrogen (secondary N) is 1. The van der Waals surface area contributed by atoms with E-state index in [1.807, 2.05) is 13.8 Å². The van der Waals surface area contributed by atoms with Crippen molar-refractivity contribution in [3.05, 3.63) is 59.6 Å². The number of carbonyl (C=O) groups is 1. The van der Waals surface area contributed by atoms with Gasteiger partial charge in [0.2, 0.25) is 12.6 Å². The number of rotatable bonds is 12. The van der Waals surface area contributed by atoms with E-state index in [1.165, 1.54) is 25.4 Å². The number of amides is 1. The van der Waals surface area contributed by atoms with Gasteiger partial charge >= 0.3 is 7.94 Å². The van der Waals surface area contributed by atoms with E-state index in [9.17, 15) is 14.8 Å². The van der Waals surface area contributed by atoms with E-state index in [0.717, 1.165) is 0 Å². The Kier molecular flexibility index (Phi) is 9.75. The molecule has 1 aromatic heterocycles. The van der Waals surface area contributed by atoms with Crippen LogP contribution in [0, 0.1) is 0 Å². The van der Waals surface area contributed by atoms with Gasteiger partial charge in [-0.25, -0.2) is 4.98 Å². The van der Waals surface area contributed by atoms with E-state index >= 15 is 0 Å². The molecule has 0 spiro atoms. The molecule has 1 amide bonds. The number of hydrogen-bond donors (Lipinski definition) is 3. The Labute approximate surface area is 214 Å². The molecule has 0 aliphatic heterocycles. The third-order valence-electron chi connectivity index (χ3n) is 4.48. The average molecular weight is 538 g/mol. The lowest BCUT2D eigenvalue weighted by atomic mass is 10.2. The molecule has 0 aliphatic rings. The van der Waals surface area contributed by atoms with Gasteiger partial charge in [0, 0.05) is 30.3 Å². The fourth-order valence-electron chi connectivity index (χ4n) is 2.99. The summed E-state index contributed by atoms with van der Waals surface area (Å²) in [7, 11) is -2.21. The molecule has 0 saturated carbocycles. The zero-order valence-corrected chi connectivity index (χ0v) is 22.3. The Bertz CT molecular complexity index is 1130. The molecule has 3 N–H and O–H groups in total. The Morgan fingerprint density at radius 1 is 1.03 bits per heavy atom. The van der Waals surface area contributed by atoms with E-state index in [1.54, 1.807) is 61.0 Å². The van der Waals surface area contributed by atoms with Gasteiger partial charge in [-0.05, 0) is 64.1 Å². The van der Waals surface area contributed by atoms with Gasteiger partial charge in [-0.3, -0.25) is 10.1 Å². The molecule has 3 atom stereocenters. The second kappa shape index (κ2) is 12.6. The fraction of sp³-hybridized carbons (Fsp3) is 0.333. The Morgan fingerprint density at radius 2 is 1.72 bits per heavy atom. The molecular weight excluding hydrogens is 507 g/mol. The summed E-state index contributed by atoms with van der Waals surface area (Å²) in [4.78, 5) is 27.8. The molecule has 194 valence electrons. The first-order valence-corrected chi connectivity index (χ1v) is 13.5. The van der Waals surface area contributed by atoms with Crippen molar-refractivity contribution in [3.63, 3.8) is 0 Å². The van der Waals surface area contributed by atoms with Crippen LogP contribution in [0.1, 0.15) is 38.1 Å². The first-order valence-electron chi connectivity index (χ1n) is 11.1. The number of hydrogen-bond acceptors (Lipinski definition) is 10. The molecular formula is C24H30N2O8PS+. The summed E-state index contributed by atoms with van der Waals surface area (Å²) in [6.45, 7) is 6.74. The number of anilines is 1. The molecule has 2 aromatic carbocycles. The molecule has 36 heavy (non-hydrogen) atoms. The summed E-state index contributed by atoms with van der Waals surface area (Å²) >= 11 is 1.31. The number of aliphatic hydroxyl groups is 1. The molecule has 1 heterocycles. The second-order valence-corrected chi connectivity index (χ2v) is 10.8. The summed E-state index contributed by atoms with van der Waals surface area (Å²) in [5, 5.41) is 15.0. The molecule has 3 unspecified atom stereocenters. The molecule has 0 saturated heterocycles. The van der Waals surface area contributed by atoms with Crippen LogP contribution in [0.3, 0.4) is 0 Å². The van der Waals surface area contributed by atoms with Crippen LogP contribution in [-0.4, -0.2) is 46.7 Å². The van der Waals surface area contributed by atoms with Gasteiger partial charge in [0.05, 0.1) is 6.10 Å². The molecule has 3 aromatic rings. The summed E-state index contributed by atoms with van der Waals surface area (Å²) < 4.78 is 27.7. The maximum absolute atomic E-state index is 12.8. The molecule has 0 aliphatic carbocycles. The van der Waals surface area contributed by atoms with Crippen molar-refractivity contribution < 1.29 is 38.1 Å². The highest BCUT2D eigenvalue weighted by Crippen LogP contribution is 2.57. The summed E-state index contributed by atoms with van der Waals surface area (Å²) in [5.41, 5.74) is 0.336. The highest BCUT2D eigenvalue weighted by atomic mass is 32.1. The van der Waals surface area contributed by atoms with E-state index in [2.05, 4.69) is 10.3 Å². The third-order valence-corrected chi connectivity index (χ3v) is 7.30. The van der Waals surface area contributed by atoms with E-state index in [-0.39, 0.29) is 12.0 Å². The largest absolute Gasteiger partial charge is 0.491 e. The van der Waals surface area contributed by atoms with Crippen LogP contribution < -0.4 is 20.1 Å². The number of aromatic nitrogens is 1. The molecule has 0 fully saturated rings. The molecule has 0 bridgehead atoms. The Balaban J connectivity index is 1.84. The molecule has 12 heteroatoms. The number of carbonyl (C=O) groups excluding carboxylic acids is 1. The SMILES string of the molecule is COC(C)O[P+](O)(OC(C)O)c1ccc(Oc2cc(OC(C)C)cc(C(=O)Nc3nccs3)c2)cc1. The summed E-state index contributed by atoms with van der Waals surface area (Å²) in [6.07, 6.45) is -0.538. The van der Waals surface area contributed by atoms with Gasteiger partial charge in [0.25, 0.3) is 5.91 Å². The highest BCUT2D eigenvalue weighted by molar-refractivity contribution is 7.68. The van der Waals surface area contributed by atoms with Crippen LogP contribution in [0.25, 0.3) is 0 Å². The van der Waals surface area contributed by atoms with Crippen LogP contribution in [0.4, 0.5) is 5.13 Å². The minimum Gasteiger partial charge on any atom is -0.491 e. The normalized spacial score (nSPS) is 14.7. The summed E-state index contributed by atoms with van der Waals surface area (Å²) in [6, 6.07) is 11.3. The molecule has 10 nitrogen and oxygen atoms in total. The van der Waals surface area contributed by atoms with Crippen LogP contribution >= 0.6 is 19.3 Å². The number of benzene rings is 2. The Hall–Kier alpha value is -2.63. The van der Waals surface area contributed by atoms with Gasteiger partial charge in [0.1, 0.15) is 17.2 Å². The van der Waals surface area contributed by atoms with Gasteiger partial charge < -0.3 is 19.3 Å². The van der Waals surface area contributed by atoms with Crippen LogP contribution in [-0.2, 0) is 13.8 Å². The number of ether oxygens (including phenoxy) is 3. The van der Waals surface area contributed by atoms with Gasteiger partial charge in [-0.1, -0.05) is 0 Å². The fourth-order valence-corrected chi connectivity index (χ4v) is 5.24. The number of thiazole rings is 1. The zero-order chi connectivity index (χ0) is 26.3. The van der Waals surface area contributed by atoms with Gasteiger partial charge in [0.15, 0.2) is 10.4 Å². The minimum atomic E-state index is -3.63. The van der Waals surface area contributed by atoms with Crippen molar-refractivity contribution >= 4 is 35.6 Å². The van der Waals surface area contributed by atoms with Crippen LogP contribution in [0.5, 0.6) is 17.2 Å².